The molecule has 2 saturated heterocycles. The molecule has 1 aliphatic carbocycles. The Hall–Kier alpha value is -0.340. The molecule has 3 rings (SSSR count). The highest BCUT2D eigenvalue weighted by Crippen LogP contribution is 2.47. The third-order valence-electron chi connectivity index (χ3n) is 6.36. The highest BCUT2D eigenvalue weighted by molar-refractivity contribution is 4.97. The summed E-state index contributed by atoms with van der Waals surface area (Å²) in [4.78, 5) is 0. The summed E-state index contributed by atoms with van der Waals surface area (Å²) in [5.74, 6) is -2.97. The average Bonchev–Trinajstić information content (AvgIpc) is 3.14. The van der Waals surface area contributed by atoms with E-state index in [2.05, 4.69) is 0 Å². The van der Waals surface area contributed by atoms with Crippen LogP contribution in [0.3, 0.4) is 0 Å². The van der Waals surface area contributed by atoms with E-state index in [-0.39, 0.29) is 43.2 Å². The lowest BCUT2D eigenvalue weighted by Crippen LogP contribution is -2.36. The van der Waals surface area contributed by atoms with Crippen LogP contribution < -0.4 is 0 Å². The topological polar surface area (TPSA) is 68.2 Å². The fourth-order valence-corrected chi connectivity index (χ4v) is 4.81. The van der Waals surface area contributed by atoms with Crippen molar-refractivity contribution >= 4 is 0 Å². The normalized spacial score (nSPS) is 38.1. The van der Waals surface area contributed by atoms with Crippen molar-refractivity contribution in [3.63, 3.8) is 0 Å². The Morgan fingerprint density at radius 2 is 2.07 bits per heavy atom. The molecule has 2 N–H and O–H groups in total. The summed E-state index contributed by atoms with van der Waals surface area (Å²) in [5, 5.41) is 19.9. The Kier molecular flexibility index (Phi) is 7.47. The van der Waals surface area contributed by atoms with Crippen LogP contribution in [-0.2, 0) is 14.2 Å². The number of unbranched alkanes of at least 4 members (excludes halogenated alkanes) is 1. The van der Waals surface area contributed by atoms with E-state index in [4.69, 9.17) is 14.2 Å². The minimum atomic E-state index is -3.05. The number of alkyl halides is 2. The molecule has 158 valence electrons. The molecule has 2 aliphatic heterocycles. The maximum Gasteiger partial charge on any atom is 0.273 e. The number of fused-ring (bicyclic) bond motifs is 1. The lowest BCUT2D eigenvalue weighted by molar-refractivity contribution is -0.200. The number of aliphatic hydroxyl groups is 2. The fraction of sp³-hybridized carbons (Fsp3) is 1.00. The van der Waals surface area contributed by atoms with Gasteiger partial charge in [0.1, 0.15) is 6.10 Å². The van der Waals surface area contributed by atoms with Gasteiger partial charge >= 0.3 is 0 Å². The summed E-state index contributed by atoms with van der Waals surface area (Å²) >= 11 is 0. The number of hydrogen-bond donors (Lipinski definition) is 2. The molecule has 7 atom stereocenters. The Labute approximate surface area is 160 Å². The summed E-state index contributed by atoms with van der Waals surface area (Å²) < 4.78 is 45.7. The van der Waals surface area contributed by atoms with E-state index < -0.39 is 18.3 Å². The molecule has 0 bridgehead atoms. The SMILES string of the molecule is CCCCC(F)(F)[C@@H](O)CC[C@H]1C(OC2CCCCO2)CC2O[C@@H](O)CC21. The number of ether oxygens (including phenoxy) is 3. The fourth-order valence-electron chi connectivity index (χ4n) is 4.81. The number of aliphatic hydroxyl groups excluding tert-OH is 2. The highest BCUT2D eigenvalue weighted by Gasteiger charge is 2.51. The van der Waals surface area contributed by atoms with Crippen molar-refractivity contribution in [2.45, 2.75) is 108 Å². The molecule has 0 amide bonds. The molecule has 0 radical (unpaired) electrons. The molecule has 0 aromatic heterocycles. The quantitative estimate of drug-likeness (QED) is 0.627. The molecule has 0 aromatic carbocycles. The van der Waals surface area contributed by atoms with Gasteiger partial charge in [0.15, 0.2) is 12.6 Å². The van der Waals surface area contributed by atoms with Crippen LogP contribution in [0.15, 0.2) is 0 Å². The molecule has 0 spiro atoms. The van der Waals surface area contributed by atoms with Gasteiger partial charge in [0.2, 0.25) is 0 Å². The molecule has 1 saturated carbocycles. The van der Waals surface area contributed by atoms with Crippen LogP contribution in [0.4, 0.5) is 8.78 Å². The Morgan fingerprint density at radius 3 is 2.78 bits per heavy atom. The third kappa shape index (κ3) is 5.38. The van der Waals surface area contributed by atoms with E-state index in [1.165, 1.54) is 0 Å². The van der Waals surface area contributed by atoms with Gasteiger partial charge < -0.3 is 24.4 Å². The second kappa shape index (κ2) is 9.44. The van der Waals surface area contributed by atoms with Crippen molar-refractivity contribution < 1.29 is 33.2 Å². The minimum absolute atomic E-state index is 0.00528. The summed E-state index contributed by atoms with van der Waals surface area (Å²) in [6.07, 6.45) is 2.48. The van der Waals surface area contributed by atoms with Crippen molar-refractivity contribution in [3.05, 3.63) is 0 Å². The highest BCUT2D eigenvalue weighted by atomic mass is 19.3. The third-order valence-corrected chi connectivity index (χ3v) is 6.36. The largest absolute Gasteiger partial charge is 0.387 e. The molecular weight excluding hydrogens is 358 g/mol. The second-order valence-corrected chi connectivity index (χ2v) is 8.36. The molecule has 7 heteroatoms. The first-order chi connectivity index (χ1) is 12.9. The van der Waals surface area contributed by atoms with Crippen molar-refractivity contribution in [3.8, 4) is 0 Å². The van der Waals surface area contributed by atoms with Gasteiger partial charge in [-0.15, -0.1) is 0 Å². The average molecular weight is 392 g/mol. The van der Waals surface area contributed by atoms with Crippen LogP contribution in [0, 0.1) is 11.8 Å². The summed E-state index contributed by atoms with van der Waals surface area (Å²) in [6.45, 7) is 2.55. The van der Waals surface area contributed by atoms with Gasteiger partial charge in [-0.2, -0.15) is 0 Å². The van der Waals surface area contributed by atoms with Gasteiger partial charge in [-0.1, -0.05) is 13.3 Å². The summed E-state index contributed by atoms with van der Waals surface area (Å²) in [6, 6.07) is 0. The van der Waals surface area contributed by atoms with Crippen molar-refractivity contribution in [1.82, 2.24) is 0 Å². The molecule has 3 aliphatic rings. The Morgan fingerprint density at radius 1 is 1.26 bits per heavy atom. The lowest BCUT2D eigenvalue weighted by atomic mass is 9.86. The first kappa shape index (κ1) is 21.4. The van der Waals surface area contributed by atoms with Crippen LogP contribution in [-0.4, -0.2) is 53.6 Å². The van der Waals surface area contributed by atoms with Crippen molar-refractivity contribution in [2.24, 2.45) is 11.8 Å². The van der Waals surface area contributed by atoms with E-state index in [1.807, 2.05) is 6.92 Å². The minimum Gasteiger partial charge on any atom is -0.387 e. The van der Waals surface area contributed by atoms with E-state index in [9.17, 15) is 19.0 Å². The molecule has 0 aromatic rings. The Bertz CT molecular complexity index is 458. The van der Waals surface area contributed by atoms with Crippen LogP contribution in [0.25, 0.3) is 0 Å². The van der Waals surface area contributed by atoms with Crippen molar-refractivity contribution in [2.75, 3.05) is 6.61 Å². The van der Waals surface area contributed by atoms with E-state index in [1.54, 1.807) is 0 Å². The van der Waals surface area contributed by atoms with E-state index in [0.29, 0.717) is 38.7 Å². The first-order valence-electron chi connectivity index (χ1n) is 10.6. The second-order valence-electron chi connectivity index (χ2n) is 8.36. The smallest absolute Gasteiger partial charge is 0.273 e. The van der Waals surface area contributed by atoms with E-state index in [0.717, 1.165) is 19.3 Å². The van der Waals surface area contributed by atoms with Crippen LogP contribution in [0.1, 0.15) is 71.1 Å². The van der Waals surface area contributed by atoms with Crippen LogP contribution in [0.2, 0.25) is 0 Å². The number of rotatable bonds is 9. The molecule has 2 heterocycles. The maximum atomic E-state index is 14.1. The molecule has 5 nitrogen and oxygen atoms in total. The van der Waals surface area contributed by atoms with Crippen LogP contribution >= 0.6 is 0 Å². The van der Waals surface area contributed by atoms with Crippen LogP contribution in [0.5, 0.6) is 0 Å². The zero-order chi connectivity index (χ0) is 19.4. The molecular formula is C20H34F2O5. The predicted molar refractivity (Wildman–Crippen MR) is 95.3 cm³/mol. The van der Waals surface area contributed by atoms with Gasteiger partial charge in [-0.05, 0) is 50.4 Å². The lowest BCUT2D eigenvalue weighted by Gasteiger charge is -2.31. The standard InChI is InChI=1S/C20H34F2O5/c1-2-3-9-20(21,22)17(23)8-7-13-14-11-18(24)26-16(14)12-15(13)27-19-6-4-5-10-25-19/h13-19,23-24H,2-12H2,1H3/t13-,14?,15?,16?,17+,18-,19?/m1/s1. The maximum absolute atomic E-state index is 14.1. The summed E-state index contributed by atoms with van der Waals surface area (Å²) in [7, 11) is 0. The van der Waals surface area contributed by atoms with Crippen molar-refractivity contribution in [1.29, 1.82) is 0 Å². The predicted octanol–water partition coefficient (Wildman–Crippen LogP) is 3.61. The molecule has 3 fully saturated rings. The van der Waals surface area contributed by atoms with Gasteiger partial charge in [0.25, 0.3) is 5.92 Å². The monoisotopic (exact) mass is 392 g/mol. The zero-order valence-electron chi connectivity index (χ0n) is 16.2. The van der Waals surface area contributed by atoms with Gasteiger partial charge in [0, 0.05) is 25.9 Å². The van der Waals surface area contributed by atoms with Gasteiger partial charge in [0.05, 0.1) is 12.2 Å². The number of halogens is 2. The Balaban J connectivity index is 1.58. The molecule has 27 heavy (non-hydrogen) atoms. The van der Waals surface area contributed by atoms with Gasteiger partial charge in [-0.3, -0.25) is 0 Å². The number of hydrogen-bond acceptors (Lipinski definition) is 5. The zero-order valence-corrected chi connectivity index (χ0v) is 16.2. The van der Waals surface area contributed by atoms with Gasteiger partial charge in [-0.25, -0.2) is 8.78 Å². The summed E-state index contributed by atoms with van der Waals surface area (Å²) in [5.41, 5.74) is 0. The first-order valence-corrected chi connectivity index (χ1v) is 10.6. The molecule has 4 unspecified atom stereocenters. The van der Waals surface area contributed by atoms with E-state index >= 15 is 0 Å².